The predicted octanol–water partition coefficient (Wildman–Crippen LogP) is 5.65. The number of anilines is 1. The lowest BCUT2D eigenvalue weighted by atomic mass is 10.1. The fraction of sp³-hybridized carbons (Fsp3) is 0.348. The van der Waals surface area contributed by atoms with Crippen LogP contribution in [-0.4, -0.2) is 30.2 Å². The monoisotopic (exact) mass is 414 g/mol. The summed E-state index contributed by atoms with van der Waals surface area (Å²) in [6.07, 6.45) is 3.21. The number of rotatable bonds is 5. The zero-order chi connectivity index (χ0) is 20.4. The topological polar surface area (TPSA) is 34.5 Å². The molecule has 0 aliphatic carbocycles. The van der Waals surface area contributed by atoms with Gasteiger partial charge >= 0.3 is 5.97 Å². The van der Waals surface area contributed by atoms with Crippen molar-refractivity contribution in [3.05, 3.63) is 64.6 Å². The molecule has 6 heteroatoms. The standard InChI is InChI=1S/C23H24ClFN2O2/c1-2-29-23(28)22-21(26-13-7-4-8-14-26)19-18(12-11-17(25)20(19)24)27(22)15-16-9-5-3-6-10-16/h3,5-6,9-12H,2,4,7-8,13-15H2,1H3. The van der Waals surface area contributed by atoms with Gasteiger partial charge in [0.15, 0.2) is 5.69 Å². The number of aromatic nitrogens is 1. The van der Waals surface area contributed by atoms with E-state index in [1.54, 1.807) is 13.0 Å². The van der Waals surface area contributed by atoms with Gasteiger partial charge < -0.3 is 14.2 Å². The number of carbonyl (C=O) groups is 1. The van der Waals surface area contributed by atoms with Crippen molar-refractivity contribution >= 4 is 34.2 Å². The molecule has 1 saturated heterocycles. The number of esters is 1. The Morgan fingerprint density at radius 1 is 1.10 bits per heavy atom. The number of hydrogen-bond donors (Lipinski definition) is 0. The van der Waals surface area contributed by atoms with Crippen LogP contribution in [0.1, 0.15) is 42.2 Å². The highest BCUT2D eigenvalue weighted by molar-refractivity contribution is 6.37. The van der Waals surface area contributed by atoms with E-state index in [0.717, 1.165) is 43.4 Å². The number of halogens is 2. The molecule has 3 aromatic rings. The first-order valence-corrected chi connectivity index (χ1v) is 10.5. The lowest BCUT2D eigenvalue weighted by Crippen LogP contribution is -2.31. The fourth-order valence-corrected chi connectivity index (χ4v) is 4.37. The highest BCUT2D eigenvalue weighted by atomic mass is 35.5. The van der Waals surface area contributed by atoms with Crippen molar-refractivity contribution in [2.45, 2.75) is 32.7 Å². The van der Waals surface area contributed by atoms with E-state index >= 15 is 0 Å². The van der Waals surface area contributed by atoms with E-state index in [1.807, 2.05) is 34.9 Å². The number of hydrogen-bond acceptors (Lipinski definition) is 3. The molecule has 0 unspecified atom stereocenters. The van der Waals surface area contributed by atoms with Crippen molar-refractivity contribution in [1.29, 1.82) is 0 Å². The first-order chi connectivity index (χ1) is 14.1. The Morgan fingerprint density at radius 2 is 1.83 bits per heavy atom. The highest BCUT2D eigenvalue weighted by Crippen LogP contribution is 2.41. The van der Waals surface area contributed by atoms with Gasteiger partial charge in [-0.2, -0.15) is 0 Å². The summed E-state index contributed by atoms with van der Waals surface area (Å²) in [5.41, 5.74) is 2.92. The summed E-state index contributed by atoms with van der Waals surface area (Å²) in [5, 5.41) is 0.646. The van der Waals surface area contributed by atoms with E-state index < -0.39 is 11.8 Å². The van der Waals surface area contributed by atoms with Crippen LogP contribution in [0.15, 0.2) is 42.5 Å². The lowest BCUT2D eigenvalue weighted by Gasteiger charge is -2.29. The Bertz CT molecular complexity index is 1030. The second-order valence-corrected chi connectivity index (χ2v) is 7.67. The maximum atomic E-state index is 14.4. The smallest absolute Gasteiger partial charge is 0.357 e. The molecule has 1 aliphatic heterocycles. The van der Waals surface area contributed by atoms with Gasteiger partial charge in [-0.15, -0.1) is 0 Å². The van der Waals surface area contributed by atoms with Gasteiger partial charge in [-0.1, -0.05) is 41.9 Å². The summed E-state index contributed by atoms with van der Waals surface area (Å²) in [7, 11) is 0. The molecule has 4 rings (SSSR count). The number of fused-ring (bicyclic) bond motifs is 1. The summed E-state index contributed by atoms with van der Waals surface area (Å²) < 4.78 is 21.8. The van der Waals surface area contributed by atoms with Crippen LogP contribution in [0.5, 0.6) is 0 Å². The molecule has 1 fully saturated rings. The zero-order valence-corrected chi connectivity index (χ0v) is 17.2. The molecule has 4 nitrogen and oxygen atoms in total. The molecule has 0 amide bonds. The Balaban J connectivity index is 1.99. The van der Waals surface area contributed by atoms with Crippen LogP contribution in [0.3, 0.4) is 0 Å². The van der Waals surface area contributed by atoms with Gasteiger partial charge in [-0.3, -0.25) is 0 Å². The van der Waals surface area contributed by atoms with Crippen LogP contribution in [0.4, 0.5) is 10.1 Å². The SMILES string of the molecule is CCOC(=O)c1c(N2CCCCC2)c2c(Cl)c(F)ccc2n1Cc1ccccc1. The van der Waals surface area contributed by atoms with Crippen LogP contribution < -0.4 is 4.90 Å². The largest absolute Gasteiger partial charge is 0.461 e. The maximum absolute atomic E-state index is 14.4. The number of nitrogens with zero attached hydrogens (tertiary/aromatic N) is 2. The molecule has 0 radical (unpaired) electrons. The van der Waals surface area contributed by atoms with Crippen molar-refractivity contribution in [2.75, 3.05) is 24.6 Å². The Kier molecular flexibility index (Phi) is 5.76. The van der Waals surface area contributed by atoms with Gasteiger partial charge in [0, 0.05) is 25.0 Å². The Morgan fingerprint density at radius 3 is 2.52 bits per heavy atom. The van der Waals surface area contributed by atoms with Crippen molar-refractivity contribution < 1.29 is 13.9 Å². The second-order valence-electron chi connectivity index (χ2n) is 7.29. The van der Waals surface area contributed by atoms with Gasteiger partial charge in [0.05, 0.1) is 22.8 Å². The fourth-order valence-electron chi connectivity index (χ4n) is 4.12. The Labute approximate surface area is 174 Å². The third-order valence-electron chi connectivity index (χ3n) is 5.42. The summed E-state index contributed by atoms with van der Waals surface area (Å²) in [5.74, 6) is -0.888. The molecule has 0 atom stereocenters. The number of ether oxygens (including phenoxy) is 1. The molecule has 2 heterocycles. The molecule has 0 saturated carbocycles. The molecule has 0 N–H and O–H groups in total. The zero-order valence-electron chi connectivity index (χ0n) is 16.5. The van der Waals surface area contributed by atoms with Crippen molar-refractivity contribution in [3.8, 4) is 0 Å². The minimum atomic E-state index is -0.482. The first-order valence-electron chi connectivity index (χ1n) is 10.1. The van der Waals surface area contributed by atoms with Gasteiger partial charge in [-0.05, 0) is 43.9 Å². The van der Waals surface area contributed by atoms with Crippen molar-refractivity contribution in [3.63, 3.8) is 0 Å². The summed E-state index contributed by atoms with van der Waals surface area (Å²) >= 11 is 6.45. The molecule has 1 aromatic heterocycles. The second kappa shape index (κ2) is 8.46. The van der Waals surface area contributed by atoms with Gasteiger partial charge in [0.2, 0.25) is 0 Å². The lowest BCUT2D eigenvalue weighted by molar-refractivity contribution is 0.0515. The molecule has 2 aromatic carbocycles. The normalized spacial score (nSPS) is 14.4. The number of benzene rings is 2. The highest BCUT2D eigenvalue weighted by Gasteiger charge is 2.30. The van der Waals surface area contributed by atoms with Crippen LogP contribution in [-0.2, 0) is 11.3 Å². The van der Waals surface area contributed by atoms with Gasteiger partial charge in [0.1, 0.15) is 5.82 Å². The molecule has 29 heavy (non-hydrogen) atoms. The van der Waals surface area contributed by atoms with Crippen LogP contribution in [0.2, 0.25) is 5.02 Å². The van der Waals surface area contributed by atoms with E-state index in [9.17, 15) is 9.18 Å². The predicted molar refractivity (Wildman–Crippen MR) is 114 cm³/mol. The maximum Gasteiger partial charge on any atom is 0.357 e. The summed E-state index contributed by atoms with van der Waals surface area (Å²) in [4.78, 5) is 15.2. The quantitative estimate of drug-likeness (QED) is 0.506. The van der Waals surface area contributed by atoms with Crippen LogP contribution in [0.25, 0.3) is 10.9 Å². The molecular formula is C23H24ClFN2O2. The van der Waals surface area contributed by atoms with Gasteiger partial charge in [0.25, 0.3) is 0 Å². The third-order valence-corrected chi connectivity index (χ3v) is 5.79. The average Bonchev–Trinajstić information content (AvgIpc) is 3.07. The minimum absolute atomic E-state index is 0.0560. The first kappa shape index (κ1) is 19.8. The van der Waals surface area contributed by atoms with E-state index in [4.69, 9.17) is 16.3 Å². The minimum Gasteiger partial charge on any atom is -0.461 e. The number of piperidine rings is 1. The Hall–Kier alpha value is -2.53. The molecule has 1 aliphatic rings. The van der Waals surface area contributed by atoms with Crippen molar-refractivity contribution in [2.24, 2.45) is 0 Å². The van der Waals surface area contributed by atoms with E-state index in [-0.39, 0.29) is 11.6 Å². The van der Waals surface area contributed by atoms with Crippen molar-refractivity contribution in [1.82, 2.24) is 4.57 Å². The van der Waals surface area contributed by atoms with Crippen LogP contribution in [0, 0.1) is 5.82 Å². The molecular weight excluding hydrogens is 391 g/mol. The molecule has 0 bridgehead atoms. The molecule has 0 spiro atoms. The van der Waals surface area contributed by atoms with Gasteiger partial charge in [-0.25, -0.2) is 9.18 Å². The molecule has 152 valence electrons. The third kappa shape index (κ3) is 3.71. The van der Waals surface area contributed by atoms with E-state index in [2.05, 4.69) is 4.90 Å². The number of carbonyl (C=O) groups excluding carboxylic acids is 1. The van der Waals surface area contributed by atoms with E-state index in [0.29, 0.717) is 23.3 Å². The van der Waals surface area contributed by atoms with E-state index in [1.165, 1.54) is 6.07 Å². The van der Waals surface area contributed by atoms with Crippen LogP contribution >= 0.6 is 11.6 Å². The summed E-state index contributed by atoms with van der Waals surface area (Å²) in [6.45, 7) is 4.15. The summed E-state index contributed by atoms with van der Waals surface area (Å²) in [6, 6.07) is 13.0. The average molecular weight is 415 g/mol.